The molecule has 1 aromatic carbocycles. The summed E-state index contributed by atoms with van der Waals surface area (Å²) in [6, 6.07) is 3.80. The molecule has 0 fully saturated rings. The molecule has 1 aliphatic heterocycles. The van der Waals surface area contributed by atoms with E-state index in [0.29, 0.717) is 23.3 Å². The summed E-state index contributed by atoms with van der Waals surface area (Å²) < 4.78 is 15.9. The number of ether oxygens (including phenoxy) is 3. The maximum atomic E-state index is 13.4. The van der Waals surface area contributed by atoms with Crippen LogP contribution in [-0.2, 0) is 44.8 Å². The summed E-state index contributed by atoms with van der Waals surface area (Å²) in [5.74, 6) is -2.57. The van der Waals surface area contributed by atoms with Crippen LogP contribution in [0.3, 0.4) is 0 Å². The van der Waals surface area contributed by atoms with Crippen LogP contribution < -0.4 is 27.0 Å². The molecule has 16 heteroatoms. The number of nitrogens with zero attached hydrogens (tertiary/aromatic N) is 1. The van der Waals surface area contributed by atoms with Gasteiger partial charge in [-0.15, -0.1) is 0 Å². The van der Waals surface area contributed by atoms with Crippen molar-refractivity contribution in [1.82, 2.24) is 20.9 Å². The normalized spacial score (nSPS) is 14.4. The summed E-state index contributed by atoms with van der Waals surface area (Å²) in [4.78, 5) is 89.6. The lowest BCUT2D eigenvalue weighted by Gasteiger charge is -2.25. The van der Waals surface area contributed by atoms with Crippen molar-refractivity contribution >= 4 is 47.4 Å². The predicted molar refractivity (Wildman–Crippen MR) is 200 cm³/mol. The molecule has 2 rings (SSSR count). The lowest BCUT2D eigenvalue weighted by molar-refractivity contribution is -0.144. The number of carbonyl (C=O) groups excluding carboxylic acids is 7. The fourth-order valence-electron chi connectivity index (χ4n) is 5.55. The minimum absolute atomic E-state index is 0.0275. The number of urea groups is 1. The van der Waals surface area contributed by atoms with Crippen LogP contribution in [0.1, 0.15) is 87.1 Å². The third kappa shape index (κ3) is 14.1. The van der Waals surface area contributed by atoms with Crippen molar-refractivity contribution in [3.05, 3.63) is 41.0 Å². The Labute approximate surface area is 317 Å². The number of nitrogens with one attached hydrogen (secondary N) is 4. The average molecular weight is 759 g/mol. The summed E-state index contributed by atoms with van der Waals surface area (Å²) >= 11 is 0. The van der Waals surface area contributed by atoms with E-state index in [9.17, 15) is 33.6 Å². The van der Waals surface area contributed by atoms with E-state index in [1.165, 1.54) is 4.90 Å². The first-order valence-electron chi connectivity index (χ1n) is 18.2. The number of rotatable bonds is 19. The SMILES string of the molecule is CCC(=O)OCc1ccc(NC(=O)[C@H](CCCNC(N)=O)NC(=O)[C@@H](NC(=O)OCCOCCN2C(=O)C(C(C)(C)C)=C(C(C)(C)C)C2=O)C(C)C)cc1. The molecule has 6 N–H and O–H groups in total. The number of primary amides is 1. The van der Waals surface area contributed by atoms with Gasteiger partial charge in [0.15, 0.2) is 0 Å². The third-order valence-electron chi connectivity index (χ3n) is 8.32. The Kier molecular flexibility index (Phi) is 17.1. The van der Waals surface area contributed by atoms with Crippen molar-refractivity contribution in [3.63, 3.8) is 0 Å². The minimum Gasteiger partial charge on any atom is -0.461 e. The Hall–Kier alpha value is -4.99. The van der Waals surface area contributed by atoms with Crippen LogP contribution >= 0.6 is 0 Å². The molecule has 2 atom stereocenters. The second-order valence-corrected chi connectivity index (χ2v) is 15.3. The summed E-state index contributed by atoms with van der Waals surface area (Å²) in [6.45, 7) is 16.6. The maximum Gasteiger partial charge on any atom is 0.407 e. The van der Waals surface area contributed by atoms with Crippen molar-refractivity contribution < 1.29 is 47.8 Å². The molecule has 0 bridgehead atoms. The van der Waals surface area contributed by atoms with Crippen LogP contribution in [0, 0.1) is 16.7 Å². The lowest BCUT2D eigenvalue weighted by atomic mass is 9.76. The second-order valence-electron chi connectivity index (χ2n) is 15.3. The molecule has 0 saturated carbocycles. The molecular weight excluding hydrogens is 700 g/mol. The highest BCUT2D eigenvalue weighted by Gasteiger charge is 2.46. The van der Waals surface area contributed by atoms with Gasteiger partial charge in [-0.2, -0.15) is 0 Å². The highest BCUT2D eigenvalue weighted by molar-refractivity contribution is 6.20. The van der Waals surface area contributed by atoms with Gasteiger partial charge in [0.05, 0.1) is 19.8 Å². The zero-order chi connectivity index (χ0) is 40.8. The van der Waals surface area contributed by atoms with Crippen LogP contribution in [0.5, 0.6) is 0 Å². The third-order valence-corrected chi connectivity index (χ3v) is 8.32. The predicted octanol–water partition coefficient (Wildman–Crippen LogP) is 3.54. The average Bonchev–Trinajstić information content (AvgIpc) is 3.35. The summed E-state index contributed by atoms with van der Waals surface area (Å²) in [5, 5.41) is 10.4. The number of imide groups is 1. The molecule has 0 radical (unpaired) electrons. The van der Waals surface area contributed by atoms with Crippen molar-refractivity contribution in [2.24, 2.45) is 22.5 Å². The van der Waals surface area contributed by atoms with Crippen LogP contribution in [0.25, 0.3) is 0 Å². The molecule has 1 heterocycles. The molecule has 300 valence electrons. The Bertz CT molecular complexity index is 1510. The molecule has 7 amide bonds. The molecular formula is C38H58N6O10. The van der Waals surface area contributed by atoms with Crippen molar-refractivity contribution in [1.29, 1.82) is 0 Å². The fourth-order valence-corrected chi connectivity index (χ4v) is 5.55. The van der Waals surface area contributed by atoms with E-state index >= 15 is 0 Å². The van der Waals surface area contributed by atoms with Gasteiger partial charge in [0.1, 0.15) is 25.3 Å². The van der Waals surface area contributed by atoms with Gasteiger partial charge in [-0.3, -0.25) is 28.9 Å². The number of hydrogen-bond acceptors (Lipinski definition) is 10. The van der Waals surface area contributed by atoms with Crippen LogP contribution in [0.15, 0.2) is 35.4 Å². The summed E-state index contributed by atoms with van der Waals surface area (Å²) in [5.41, 5.74) is 6.25. The second kappa shape index (κ2) is 20.5. The van der Waals surface area contributed by atoms with Gasteiger partial charge >= 0.3 is 18.1 Å². The van der Waals surface area contributed by atoms with E-state index in [4.69, 9.17) is 19.9 Å². The maximum absolute atomic E-state index is 13.4. The Morgan fingerprint density at radius 2 is 1.41 bits per heavy atom. The Morgan fingerprint density at radius 3 is 1.93 bits per heavy atom. The minimum atomic E-state index is -1.07. The first-order valence-corrected chi connectivity index (χ1v) is 18.2. The quantitative estimate of drug-likeness (QED) is 0.0784. The van der Waals surface area contributed by atoms with Gasteiger partial charge < -0.3 is 41.2 Å². The van der Waals surface area contributed by atoms with E-state index in [1.54, 1.807) is 45.0 Å². The van der Waals surface area contributed by atoms with Crippen molar-refractivity contribution in [2.45, 2.75) is 100 Å². The van der Waals surface area contributed by atoms with Gasteiger partial charge in [0.2, 0.25) is 11.8 Å². The monoisotopic (exact) mass is 758 g/mol. The summed E-state index contributed by atoms with van der Waals surface area (Å²) in [7, 11) is 0. The van der Waals surface area contributed by atoms with E-state index in [-0.39, 0.29) is 70.1 Å². The van der Waals surface area contributed by atoms with Crippen LogP contribution in [0.2, 0.25) is 0 Å². The molecule has 16 nitrogen and oxygen atoms in total. The lowest BCUT2D eigenvalue weighted by Crippen LogP contribution is -2.54. The Balaban J connectivity index is 1.94. The molecule has 0 aromatic heterocycles. The number of alkyl carbamates (subject to hydrolysis) is 1. The number of amides is 7. The molecule has 1 aliphatic rings. The van der Waals surface area contributed by atoms with E-state index in [2.05, 4.69) is 21.3 Å². The van der Waals surface area contributed by atoms with Crippen LogP contribution in [0.4, 0.5) is 15.3 Å². The number of anilines is 1. The zero-order valence-corrected chi connectivity index (χ0v) is 33.0. The van der Waals surface area contributed by atoms with Gasteiger partial charge in [-0.25, -0.2) is 9.59 Å². The number of benzene rings is 1. The molecule has 1 aromatic rings. The number of esters is 1. The standard InChI is InChI=1S/C38H58N6O10/c1-10-27(45)54-22-24-13-15-25(16-14-24)41-31(46)26(12-11-17-40-35(39)50)42-32(47)30(23(2)3)43-36(51)53-21-20-52-19-18-44-33(48)28(37(4,5)6)29(34(44)49)38(7,8)9/h13-16,23,26,30H,10-12,17-22H2,1-9H3,(H,41,46)(H,42,47)(H,43,51)(H3,39,40,50)/t26-,30-/m0/s1. The van der Waals surface area contributed by atoms with E-state index in [1.807, 2.05) is 41.5 Å². The topological polar surface area (TPSA) is 225 Å². The van der Waals surface area contributed by atoms with Crippen molar-refractivity contribution in [3.8, 4) is 0 Å². The summed E-state index contributed by atoms with van der Waals surface area (Å²) in [6.07, 6.45) is -0.196. The van der Waals surface area contributed by atoms with Crippen molar-refractivity contribution in [2.75, 3.05) is 38.2 Å². The largest absolute Gasteiger partial charge is 0.461 e. The molecule has 0 aliphatic carbocycles. The zero-order valence-electron chi connectivity index (χ0n) is 33.0. The number of nitrogens with two attached hydrogens (primary N) is 1. The first kappa shape index (κ1) is 45.2. The smallest absolute Gasteiger partial charge is 0.407 e. The van der Waals surface area contributed by atoms with Gasteiger partial charge in [0.25, 0.3) is 11.8 Å². The van der Waals surface area contributed by atoms with Gasteiger partial charge in [-0.1, -0.05) is 74.4 Å². The van der Waals surface area contributed by atoms with E-state index < -0.39 is 52.8 Å². The molecule has 0 saturated heterocycles. The number of hydrogen-bond donors (Lipinski definition) is 5. The van der Waals surface area contributed by atoms with E-state index in [0.717, 1.165) is 5.56 Å². The van der Waals surface area contributed by atoms with Gasteiger partial charge in [0, 0.05) is 29.8 Å². The highest BCUT2D eigenvalue weighted by atomic mass is 16.6. The van der Waals surface area contributed by atoms with Gasteiger partial charge in [-0.05, 0) is 47.3 Å². The van der Waals surface area contributed by atoms with Crippen LogP contribution in [-0.4, -0.2) is 91.6 Å². The Morgan fingerprint density at radius 1 is 0.815 bits per heavy atom. The molecule has 0 unspecified atom stereocenters. The molecule has 0 spiro atoms. The number of carbonyl (C=O) groups is 7. The fraction of sp³-hybridized carbons (Fsp3) is 0.605. The first-order chi connectivity index (χ1) is 25.2. The highest BCUT2D eigenvalue weighted by Crippen LogP contribution is 2.42. The molecule has 54 heavy (non-hydrogen) atoms.